The number of amides is 2. The number of aryl methyl sites for hydroxylation is 2. The summed E-state index contributed by atoms with van der Waals surface area (Å²) in [4.78, 5) is 26.8. The van der Waals surface area contributed by atoms with Crippen molar-refractivity contribution in [3.63, 3.8) is 0 Å². The van der Waals surface area contributed by atoms with Gasteiger partial charge in [-0.05, 0) is 19.3 Å². The van der Waals surface area contributed by atoms with Crippen molar-refractivity contribution in [2.75, 3.05) is 18.6 Å². The van der Waals surface area contributed by atoms with Crippen LogP contribution in [0.2, 0.25) is 0 Å². The Morgan fingerprint density at radius 1 is 1.38 bits per heavy atom. The zero-order valence-electron chi connectivity index (χ0n) is 15.7. The predicted octanol–water partition coefficient (Wildman–Crippen LogP) is 0.964. The Kier molecular flexibility index (Phi) is 4.50. The van der Waals surface area contributed by atoms with Crippen LogP contribution in [-0.4, -0.2) is 57.7 Å². The van der Waals surface area contributed by atoms with E-state index in [1.807, 2.05) is 0 Å². The number of ether oxygens (including phenoxy) is 1. The zero-order chi connectivity index (χ0) is 20.9. The van der Waals surface area contributed by atoms with Gasteiger partial charge in [0.25, 0.3) is 11.8 Å². The lowest BCUT2D eigenvalue weighted by Crippen LogP contribution is -2.49. The Labute approximate surface area is 163 Å². The van der Waals surface area contributed by atoms with Gasteiger partial charge in [0.15, 0.2) is 5.69 Å². The van der Waals surface area contributed by atoms with E-state index in [9.17, 15) is 22.8 Å². The summed E-state index contributed by atoms with van der Waals surface area (Å²) in [6, 6.07) is -1.02. The Morgan fingerprint density at radius 2 is 2.14 bits per heavy atom. The monoisotopic (exact) mass is 412 g/mol. The van der Waals surface area contributed by atoms with E-state index in [1.54, 1.807) is 7.05 Å². The fraction of sp³-hybridized carbons (Fsp3) is 0.529. The van der Waals surface area contributed by atoms with Crippen LogP contribution >= 0.6 is 0 Å². The summed E-state index contributed by atoms with van der Waals surface area (Å²) in [7, 11) is 3.18. The summed E-state index contributed by atoms with van der Waals surface area (Å²) in [5, 5.41) is 13.1. The summed E-state index contributed by atoms with van der Waals surface area (Å²) in [5.74, 6) is -2.29. The molecule has 4 rings (SSSR count). The third-order valence-corrected chi connectivity index (χ3v) is 5.37. The molecular formula is C17H19F3N6O3. The van der Waals surface area contributed by atoms with Crippen LogP contribution in [0.5, 0.6) is 5.88 Å². The molecule has 0 radical (unpaired) electrons. The van der Waals surface area contributed by atoms with Gasteiger partial charge in [-0.2, -0.15) is 23.4 Å². The van der Waals surface area contributed by atoms with Gasteiger partial charge in [0.1, 0.15) is 18.3 Å². The van der Waals surface area contributed by atoms with Crippen molar-refractivity contribution in [3.05, 3.63) is 23.1 Å². The van der Waals surface area contributed by atoms with Crippen LogP contribution in [-0.2, 0) is 24.7 Å². The van der Waals surface area contributed by atoms with Gasteiger partial charge in [-0.15, -0.1) is 0 Å². The number of rotatable bonds is 2. The number of carbonyl (C=O) groups is 2. The van der Waals surface area contributed by atoms with Crippen LogP contribution in [0.15, 0.2) is 6.20 Å². The molecule has 156 valence electrons. The van der Waals surface area contributed by atoms with Crippen molar-refractivity contribution < 1.29 is 27.5 Å². The molecular weight excluding hydrogens is 393 g/mol. The lowest BCUT2D eigenvalue weighted by Gasteiger charge is -2.24. The van der Waals surface area contributed by atoms with E-state index in [4.69, 9.17) is 4.74 Å². The van der Waals surface area contributed by atoms with E-state index < -0.39 is 30.0 Å². The van der Waals surface area contributed by atoms with Crippen molar-refractivity contribution in [1.29, 1.82) is 0 Å². The minimum absolute atomic E-state index is 0.0498. The standard InChI is InChI=1S/C17H19F3N6O3/c1-25-12-6-21-26(2)16(12)29-7-11(15(25)28)22-14(27)13-9-5-8(17(18,19)20)3-4-10(9)23-24-13/h6,8,11H,3-5,7H2,1-2H3,(H,22,27)(H,23,24)/t8-,11?/m0/s1. The Morgan fingerprint density at radius 3 is 2.86 bits per heavy atom. The second kappa shape index (κ2) is 6.78. The van der Waals surface area contributed by atoms with Gasteiger partial charge in [-0.1, -0.05) is 0 Å². The highest BCUT2D eigenvalue weighted by atomic mass is 19.4. The van der Waals surface area contributed by atoms with Gasteiger partial charge in [-0.3, -0.25) is 14.7 Å². The molecule has 2 aromatic rings. The van der Waals surface area contributed by atoms with Gasteiger partial charge in [-0.25, -0.2) is 4.68 Å². The van der Waals surface area contributed by atoms with Crippen molar-refractivity contribution in [2.24, 2.45) is 13.0 Å². The Bertz CT molecular complexity index is 966. The van der Waals surface area contributed by atoms with E-state index >= 15 is 0 Å². The number of alkyl halides is 3. The van der Waals surface area contributed by atoms with E-state index in [0.29, 0.717) is 17.3 Å². The number of hydrogen-bond acceptors (Lipinski definition) is 5. The molecule has 29 heavy (non-hydrogen) atoms. The van der Waals surface area contributed by atoms with Gasteiger partial charge < -0.3 is 15.0 Å². The molecule has 1 aliphatic carbocycles. The molecule has 1 aliphatic heterocycles. The Balaban J connectivity index is 1.53. The number of H-pyrrole nitrogens is 1. The molecule has 0 aromatic carbocycles. The number of hydrogen-bond donors (Lipinski definition) is 2. The van der Waals surface area contributed by atoms with Crippen LogP contribution in [0.1, 0.15) is 28.2 Å². The molecule has 0 spiro atoms. The fourth-order valence-electron chi connectivity index (χ4n) is 3.69. The maximum atomic E-state index is 13.1. The first-order valence-corrected chi connectivity index (χ1v) is 9.03. The first-order chi connectivity index (χ1) is 13.7. The molecule has 0 saturated carbocycles. The second-order valence-corrected chi connectivity index (χ2v) is 7.20. The van der Waals surface area contributed by atoms with Crippen molar-refractivity contribution in [3.8, 4) is 5.88 Å². The quantitative estimate of drug-likeness (QED) is 0.765. The maximum Gasteiger partial charge on any atom is 0.392 e. The fourth-order valence-corrected chi connectivity index (χ4v) is 3.69. The van der Waals surface area contributed by atoms with Crippen molar-refractivity contribution in [2.45, 2.75) is 31.5 Å². The highest BCUT2D eigenvalue weighted by Crippen LogP contribution is 2.37. The SMILES string of the molecule is CN1C(=O)C(NC(=O)c2n[nH]c3c2C[C@@H](C(F)(F)F)CC3)COc2c1cnn2C. The first-order valence-electron chi connectivity index (χ1n) is 9.03. The summed E-state index contributed by atoms with van der Waals surface area (Å²) in [6.45, 7) is -0.140. The molecule has 0 saturated heterocycles. The summed E-state index contributed by atoms with van der Waals surface area (Å²) >= 11 is 0. The third kappa shape index (κ3) is 3.32. The number of halogens is 3. The van der Waals surface area contributed by atoms with Gasteiger partial charge in [0.2, 0.25) is 5.88 Å². The lowest BCUT2D eigenvalue weighted by atomic mass is 9.86. The van der Waals surface area contributed by atoms with E-state index in [0.717, 1.165) is 0 Å². The number of nitrogens with zero attached hydrogens (tertiary/aromatic N) is 4. The summed E-state index contributed by atoms with van der Waals surface area (Å²) in [5.41, 5.74) is 1.11. The highest BCUT2D eigenvalue weighted by molar-refractivity contribution is 6.03. The number of aromatic amines is 1. The van der Waals surface area contributed by atoms with Crippen molar-refractivity contribution in [1.82, 2.24) is 25.3 Å². The lowest BCUT2D eigenvalue weighted by molar-refractivity contribution is -0.177. The maximum absolute atomic E-state index is 13.1. The molecule has 9 nitrogen and oxygen atoms in total. The minimum Gasteiger partial charge on any atom is -0.474 e. The molecule has 12 heteroatoms. The number of likely N-dealkylation sites (N-methyl/N-ethyl adjacent to an activating group) is 1. The van der Waals surface area contributed by atoms with Crippen LogP contribution in [0.4, 0.5) is 18.9 Å². The van der Waals surface area contributed by atoms with Gasteiger partial charge in [0.05, 0.1) is 12.1 Å². The molecule has 3 heterocycles. The van der Waals surface area contributed by atoms with Gasteiger partial charge in [0, 0.05) is 25.4 Å². The zero-order valence-corrected chi connectivity index (χ0v) is 15.7. The smallest absolute Gasteiger partial charge is 0.392 e. The van der Waals surface area contributed by atoms with Crippen molar-refractivity contribution >= 4 is 17.5 Å². The molecule has 2 aliphatic rings. The van der Waals surface area contributed by atoms with E-state index in [1.165, 1.54) is 22.8 Å². The molecule has 2 N–H and O–H groups in total. The predicted molar refractivity (Wildman–Crippen MR) is 93.5 cm³/mol. The molecule has 2 amide bonds. The molecule has 1 unspecified atom stereocenters. The van der Waals surface area contributed by atoms with Crippen LogP contribution in [0.25, 0.3) is 0 Å². The number of anilines is 1. The number of fused-ring (bicyclic) bond motifs is 2. The van der Waals surface area contributed by atoms with Crippen LogP contribution in [0, 0.1) is 5.92 Å². The molecule has 0 bridgehead atoms. The normalized spacial score (nSPS) is 21.8. The topological polar surface area (TPSA) is 105 Å². The number of nitrogens with one attached hydrogen (secondary N) is 2. The number of aromatic nitrogens is 4. The average molecular weight is 412 g/mol. The first kappa shape index (κ1) is 19.3. The highest BCUT2D eigenvalue weighted by Gasteiger charge is 2.43. The van der Waals surface area contributed by atoms with E-state index in [-0.39, 0.29) is 37.1 Å². The molecule has 2 aromatic heterocycles. The summed E-state index contributed by atoms with van der Waals surface area (Å²) in [6.07, 6.45) is -3.07. The largest absolute Gasteiger partial charge is 0.474 e. The summed E-state index contributed by atoms with van der Waals surface area (Å²) < 4.78 is 46.4. The number of carbonyl (C=O) groups excluding carboxylic acids is 2. The van der Waals surface area contributed by atoms with E-state index in [2.05, 4.69) is 20.6 Å². The molecule has 2 atom stereocenters. The minimum atomic E-state index is -4.34. The second-order valence-electron chi connectivity index (χ2n) is 7.20. The third-order valence-electron chi connectivity index (χ3n) is 5.37. The molecule has 0 fully saturated rings. The van der Waals surface area contributed by atoms with Gasteiger partial charge >= 0.3 is 6.18 Å². The Hall–Kier alpha value is -3.05. The average Bonchev–Trinajstić information content (AvgIpc) is 3.23. The van der Waals surface area contributed by atoms with Crippen LogP contribution < -0.4 is 15.0 Å². The van der Waals surface area contributed by atoms with Crippen LogP contribution in [0.3, 0.4) is 0 Å².